The van der Waals surface area contributed by atoms with E-state index in [-0.39, 0.29) is 11.9 Å². The zero-order chi connectivity index (χ0) is 12.8. The molecule has 0 saturated carbocycles. The van der Waals surface area contributed by atoms with Gasteiger partial charge in [-0.15, -0.1) is 0 Å². The Hall–Kier alpha value is -0.610. The van der Waals surface area contributed by atoms with Crippen LogP contribution in [-0.4, -0.2) is 50.3 Å². The first kappa shape index (κ1) is 13.8. The smallest absolute Gasteiger partial charge is 0.308 e. The fraction of sp³-hybridized carbons (Fsp3) is 0.929. The molecular weight excluding hydrogens is 230 g/mol. The molecule has 0 radical (unpaired) electrons. The molecule has 0 aromatic heterocycles. The monoisotopic (exact) mass is 255 g/mol. The molecule has 2 saturated heterocycles. The van der Waals surface area contributed by atoms with Crippen LogP contribution < -0.4 is 0 Å². The van der Waals surface area contributed by atoms with E-state index in [1.165, 1.54) is 32.8 Å². The second-order valence-corrected chi connectivity index (χ2v) is 5.42. The summed E-state index contributed by atoms with van der Waals surface area (Å²) in [6.45, 7) is 4.17. The molecular formula is C14H25NO3. The Balaban J connectivity index is 1.57. The lowest BCUT2D eigenvalue weighted by Crippen LogP contribution is -2.37. The van der Waals surface area contributed by atoms with E-state index in [1.54, 1.807) is 0 Å². The summed E-state index contributed by atoms with van der Waals surface area (Å²) < 4.78 is 10.4. The first-order valence-corrected chi connectivity index (χ1v) is 7.21. The van der Waals surface area contributed by atoms with Crippen LogP contribution in [0.1, 0.15) is 38.5 Å². The molecule has 2 rings (SSSR count). The number of ether oxygens (including phenoxy) is 2. The maximum absolute atomic E-state index is 11.4. The van der Waals surface area contributed by atoms with E-state index < -0.39 is 0 Å². The summed E-state index contributed by atoms with van der Waals surface area (Å²) in [4.78, 5) is 13.9. The Kier molecular flexibility index (Phi) is 5.45. The lowest BCUT2D eigenvalue weighted by molar-refractivity contribution is -0.147. The van der Waals surface area contributed by atoms with Gasteiger partial charge in [-0.25, -0.2) is 0 Å². The fourth-order valence-corrected chi connectivity index (χ4v) is 2.97. The minimum absolute atomic E-state index is 0.0333. The summed E-state index contributed by atoms with van der Waals surface area (Å²) in [6.07, 6.45) is 7.29. The molecule has 0 aliphatic carbocycles. The van der Waals surface area contributed by atoms with Gasteiger partial charge < -0.3 is 14.4 Å². The number of methoxy groups -OCH3 is 1. The van der Waals surface area contributed by atoms with Gasteiger partial charge in [0.25, 0.3) is 0 Å². The Morgan fingerprint density at radius 1 is 1.33 bits per heavy atom. The molecule has 0 N–H and O–H groups in total. The molecule has 4 nitrogen and oxygen atoms in total. The fourth-order valence-electron chi connectivity index (χ4n) is 2.97. The van der Waals surface area contributed by atoms with Crippen molar-refractivity contribution < 1.29 is 14.3 Å². The second-order valence-electron chi connectivity index (χ2n) is 5.42. The third-order valence-electron chi connectivity index (χ3n) is 4.15. The molecule has 4 heteroatoms. The number of carbonyl (C=O) groups is 1. The number of hydrogen-bond donors (Lipinski definition) is 0. The highest BCUT2D eigenvalue weighted by atomic mass is 16.5. The Bertz CT molecular complexity index is 256. The predicted molar refractivity (Wildman–Crippen MR) is 69.4 cm³/mol. The highest BCUT2D eigenvalue weighted by Gasteiger charge is 2.25. The molecule has 18 heavy (non-hydrogen) atoms. The van der Waals surface area contributed by atoms with Crippen LogP contribution in [0.15, 0.2) is 0 Å². The van der Waals surface area contributed by atoms with E-state index in [0.29, 0.717) is 6.10 Å². The van der Waals surface area contributed by atoms with E-state index in [4.69, 9.17) is 9.47 Å². The molecule has 1 atom stereocenters. The van der Waals surface area contributed by atoms with Crippen molar-refractivity contribution in [2.24, 2.45) is 5.92 Å². The molecule has 2 fully saturated rings. The van der Waals surface area contributed by atoms with Gasteiger partial charge in [0.05, 0.1) is 19.1 Å². The van der Waals surface area contributed by atoms with Crippen molar-refractivity contribution in [2.75, 3.05) is 33.4 Å². The summed E-state index contributed by atoms with van der Waals surface area (Å²) in [5.41, 5.74) is 0. The second kappa shape index (κ2) is 7.10. The van der Waals surface area contributed by atoms with Gasteiger partial charge in [-0.05, 0) is 58.2 Å². The molecule has 2 heterocycles. The lowest BCUT2D eigenvalue weighted by atomic mass is 9.97. The minimum Gasteiger partial charge on any atom is -0.469 e. The third kappa shape index (κ3) is 3.95. The van der Waals surface area contributed by atoms with Crippen LogP contribution in [0.3, 0.4) is 0 Å². The Morgan fingerprint density at radius 3 is 2.72 bits per heavy atom. The number of carbonyl (C=O) groups excluding carboxylic acids is 1. The molecule has 0 aromatic rings. The summed E-state index contributed by atoms with van der Waals surface area (Å²) in [7, 11) is 1.48. The Labute approximate surface area is 110 Å². The molecule has 0 aromatic carbocycles. The number of nitrogens with zero attached hydrogens (tertiary/aromatic N) is 1. The number of esters is 1. The van der Waals surface area contributed by atoms with Crippen molar-refractivity contribution in [1.82, 2.24) is 4.90 Å². The van der Waals surface area contributed by atoms with Gasteiger partial charge in [0.2, 0.25) is 0 Å². The van der Waals surface area contributed by atoms with Gasteiger partial charge in [0, 0.05) is 6.61 Å². The van der Waals surface area contributed by atoms with Crippen LogP contribution in [0.2, 0.25) is 0 Å². The quantitative estimate of drug-likeness (QED) is 0.703. The molecule has 1 unspecified atom stereocenters. The predicted octanol–water partition coefficient (Wildman–Crippen LogP) is 1.83. The van der Waals surface area contributed by atoms with Gasteiger partial charge in [-0.3, -0.25) is 4.79 Å². The Morgan fingerprint density at radius 2 is 2.11 bits per heavy atom. The zero-order valence-corrected chi connectivity index (χ0v) is 11.4. The molecule has 0 amide bonds. The first-order valence-electron chi connectivity index (χ1n) is 7.21. The summed E-state index contributed by atoms with van der Waals surface area (Å²) in [5.74, 6) is 0.0958. The van der Waals surface area contributed by atoms with E-state index in [9.17, 15) is 4.79 Å². The van der Waals surface area contributed by atoms with Gasteiger partial charge in [-0.2, -0.15) is 0 Å². The highest BCUT2D eigenvalue weighted by molar-refractivity contribution is 5.72. The highest BCUT2D eigenvalue weighted by Crippen LogP contribution is 2.20. The summed E-state index contributed by atoms with van der Waals surface area (Å²) >= 11 is 0. The van der Waals surface area contributed by atoms with Crippen molar-refractivity contribution >= 4 is 5.97 Å². The van der Waals surface area contributed by atoms with Crippen molar-refractivity contribution in [1.29, 1.82) is 0 Å². The first-order chi connectivity index (χ1) is 8.79. The van der Waals surface area contributed by atoms with Crippen molar-refractivity contribution in [2.45, 2.75) is 44.6 Å². The van der Waals surface area contributed by atoms with Crippen molar-refractivity contribution in [3.05, 3.63) is 0 Å². The van der Waals surface area contributed by atoms with Crippen molar-refractivity contribution in [3.63, 3.8) is 0 Å². The standard InChI is InChI=1S/C14H25NO3/c1-17-14(16)12-6-9-15(10-7-12)8-2-4-13-5-3-11-18-13/h12-13H,2-11H2,1H3. The summed E-state index contributed by atoms with van der Waals surface area (Å²) in [6, 6.07) is 0. The zero-order valence-electron chi connectivity index (χ0n) is 11.4. The number of rotatable bonds is 5. The maximum Gasteiger partial charge on any atom is 0.308 e. The molecule has 0 spiro atoms. The molecule has 104 valence electrons. The molecule has 2 aliphatic rings. The number of likely N-dealkylation sites (tertiary alicyclic amines) is 1. The normalized spacial score (nSPS) is 26.4. The topological polar surface area (TPSA) is 38.8 Å². The van der Waals surface area contributed by atoms with Crippen LogP contribution in [0, 0.1) is 5.92 Å². The SMILES string of the molecule is COC(=O)C1CCN(CCCC2CCCO2)CC1. The number of piperidine rings is 1. The van der Waals surface area contributed by atoms with E-state index in [1.807, 2.05) is 0 Å². The van der Waals surface area contributed by atoms with Crippen LogP contribution in [0.25, 0.3) is 0 Å². The van der Waals surface area contributed by atoms with Crippen LogP contribution >= 0.6 is 0 Å². The van der Waals surface area contributed by atoms with Gasteiger partial charge in [0.1, 0.15) is 0 Å². The van der Waals surface area contributed by atoms with Crippen LogP contribution in [0.4, 0.5) is 0 Å². The van der Waals surface area contributed by atoms with Gasteiger partial charge in [0.15, 0.2) is 0 Å². The van der Waals surface area contributed by atoms with Crippen LogP contribution in [-0.2, 0) is 14.3 Å². The molecule has 0 bridgehead atoms. The van der Waals surface area contributed by atoms with Gasteiger partial charge in [-0.1, -0.05) is 0 Å². The van der Waals surface area contributed by atoms with E-state index >= 15 is 0 Å². The average molecular weight is 255 g/mol. The lowest BCUT2D eigenvalue weighted by Gasteiger charge is -2.30. The van der Waals surface area contributed by atoms with E-state index in [2.05, 4.69) is 4.90 Å². The summed E-state index contributed by atoms with van der Waals surface area (Å²) in [5, 5.41) is 0. The number of hydrogen-bond acceptors (Lipinski definition) is 4. The van der Waals surface area contributed by atoms with Gasteiger partial charge >= 0.3 is 5.97 Å². The largest absolute Gasteiger partial charge is 0.469 e. The average Bonchev–Trinajstić information content (AvgIpc) is 2.92. The third-order valence-corrected chi connectivity index (χ3v) is 4.15. The van der Waals surface area contributed by atoms with E-state index in [0.717, 1.165) is 39.1 Å². The van der Waals surface area contributed by atoms with Crippen LogP contribution in [0.5, 0.6) is 0 Å². The molecule has 2 aliphatic heterocycles. The minimum atomic E-state index is -0.0333. The van der Waals surface area contributed by atoms with Crippen molar-refractivity contribution in [3.8, 4) is 0 Å². The maximum atomic E-state index is 11.4.